The first kappa shape index (κ1) is 19.7. The monoisotopic (exact) mass is 391 g/mol. The topological polar surface area (TPSA) is 74.5 Å². The fourth-order valence-corrected chi connectivity index (χ4v) is 2.42. The van der Waals surface area contributed by atoms with Gasteiger partial charge in [-0.2, -0.15) is 10.4 Å². The van der Waals surface area contributed by atoms with Crippen LogP contribution in [0, 0.1) is 23.0 Å². The molecule has 0 aromatic heterocycles. The van der Waals surface area contributed by atoms with Crippen molar-refractivity contribution in [2.45, 2.75) is 6.61 Å². The number of nitriles is 1. The molecular weight excluding hydrogens is 376 g/mol. The molecule has 0 unspecified atom stereocenters. The van der Waals surface area contributed by atoms with Crippen molar-refractivity contribution in [3.8, 4) is 11.8 Å². The Bertz CT molecular complexity index is 1090. The molecule has 3 aromatic carbocycles. The van der Waals surface area contributed by atoms with Crippen molar-refractivity contribution >= 4 is 12.1 Å². The Morgan fingerprint density at radius 2 is 1.83 bits per heavy atom. The molecule has 0 fully saturated rings. The van der Waals surface area contributed by atoms with Gasteiger partial charge in [0.25, 0.3) is 5.91 Å². The highest BCUT2D eigenvalue weighted by atomic mass is 19.1. The molecule has 0 atom stereocenters. The second-order valence-corrected chi connectivity index (χ2v) is 5.95. The van der Waals surface area contributed by atoms with Crippen LogP contribution in [0.5, 0.6) is 5.75 Å². The largest absolute Gasteiger partial charge is 0.489 e. The molecule has 0 saturated heterocycles. The van der Waals surface area contributed by atoms with Crippen LogP contribution >= 0.6 is 0 Å². The quantitative estimate of drug-likeness (QED) is 0.506. The predicted octanol–water partition coefficient (Wildman–Crippen LogP) is 4.18. The van der Waals surface area contributed by atoms with E-state index in [9.17, 15) is 13.6 Å². The second kappa shape index (κ2) is 9.24. The standard InChI is InChI=1S/C22H15F2N3O2/c23-20-4-2-1-3-17(20)14-29-18-8-5-15(6-9-18)13-26-27-22(28)19-10-7-16(12-25)11-21(19)24/h1-11,13H,14H2,(H,27,28)/b26-13-. The Morgan fingerprint density at radius 3 is 2.52 bits per heavy atom. The van der Waals surface area contributed by atoms with Crippen LogP contribution in [0.25, 0.3) is 0 Å². The van der Waals surface area contributed by atoms with E-state index in [0.717, 1.165) is 6.07 Å². The predicted molar refractivity (Wildman–Crippen MR) is 103 cm³/mol. The van der Waals surface area contributed by atoms with Crippen LogP contribution < -0.4 is 10.2 Å². The third-order valence-electron chi connectivity index (χ3n) is 3.95. The van der Waals surface area contributed by atoms with Gasteiger partial charge in [-0.1, -0.05) is 18.2 Å². The molecule has 0 spiro atoms. The summed E-state index contributed by atoms with van der Waals surface area (Å²) in [5.74, 6) is -1.30. The van der Waals surface area contributed by atoms with Gasteiger partial charge in [-0.3, -0.25) is 4.79 Å². The van der Waals surface area contributed by atoms with Gasteiger partial charge in [0.05, 0.1) is 23.4 Å². The van der Waals surface area contributed by atoms with E-state index in [1.807, 2.05) is 0 Å². The maximum atomic E-state index is 13.8. The van der Waals surface area contributed by atoms with E-state index >= 15 is 0 Å². The lowest BCUT2D eigenvalue weighted by Gasteiger charge is -2.07. The van der Waals surface area contributed by atoms with Crippen LogP contribution in [0.15, 0.2) is 71.8 Å². The van der Waals surface area contributed by atoms with Gasteiger partial charge < -0.3 is 4.74 Å². The average molecular weight is 391 g/mol. The number of hydrazone groups is 1. The van der Waals surface area contributed by atoms with Gasteiger partial charge in [0.15, 0.2) is 0 Å². The third-order valence-corrected chi connectivity index (χ3v) is 3.95. The van der Waals surface area contributed by atoms with Crippen molar-refractivity contribution in [2.24, 2.45) is 5.10 Å². The number of amides is 1. The number of benzene rings is 3. The number of halogens is 2. The number of carbonyl (C=O) groups excluding carboxylic acids is 1. The molecule has 1 amide bonds. The van der Waals surface area contributed by atoms with E-state index in [0.29, 0.717) is 16.9 Å². The zero-order valence-corrected chi connectivity index (χ0v) is 15.1. The van der Waals surface area contributed by atoms with Gasteiger partial charge in [0, 0.05) is 5.56 Å². The van der Waals surface area contributed by atoms with Crippen LogP contribution in [0.1, 0.15) is 27.0 Å². The number of carbonyl (C=O) groups is 1. The number of hydrogen-bond acceptors (Lipinski definition) is 4. The maximum absolute atomic E-state index is 13.8. The van der Waals surface area contributed by atoms with Gasteiger partial charge in [-0.05, 0) is 54.1 Å². The van der Waals surface area contributed by atoms with Crippen LogP contribution in [-0.2, 0) is 6.61 Å². The summed E-state index contributed by atoms with van der Waals surface area (Å²) in [6, 6.07) is 18.5. The van der Waals surface area contributed by atoms with Crippen molar-refractivity contribution in [3.05, 3.63) is 101 Å². The number of hydrogen-bond donors (Lipinski definition) is 1. The van der Waals surface area contributed by atoms with E-state index < -0.39 is 11.7 Å². The molecule has 1 N–H and O–H groups in total. The molecule has 0 aliphatic carbocycles. The maximum Gasteiger partial charge on any atom is 0.274 e. The second-order valence-electron chi connectivity index (χ2n) is 5.95. The summed E-state index contributed by atoms with van der Waals surface area (Å²) in [6.45, 7) is 0.103. The Kier molecular flexibility index (Phi) is 6.28. The highest BCUT2D eigenvalue weighted by molar-refractivity contribution is 5.95. The zero-order valence-electron chi connectivity index (χ0n) is 15.1. The zero-order chi connectivity index (χ0) is 20.6. The van der Waals surface area contributed by atoms with Gasteiger partial charge in [-0.15, -0.1) is 0 Å². The molecular formula is C22H15F2N3O2. The van der Waals surface area contributed by atoms with E-state index in [1.54, 1.807) is 48.5 Å². The molecule has 3 aromatic rings. The van der Waals surface area contributed by atoms with Crippen LogP contribution in [0.4, 0.5) is 8.78 Å². The average Bonchev–Trinajstić information content (AvgIpc) is 2.74. The lowest BCUT2D eigenvalue weighted by molar-refractivity contribution is 0.0951. The minimum atomic E-state index is -0.798. The molecule has 0 heterocycles. The highest BCUT2D eigenvalue weighted by Crippen LogP contribution is 2.15. The van der Waals surface area contributed by atoms with Gasteiger partial charge >= 0.3 is 0 Å². The van der Waals surface area contributed by atoms with Crippen molar-refractivity contribution in [3.63, 3.8) is 0 Å². The normalized spacial score (nSPS) is 10.5. The molecule has 0 radical (unpaired) electrons. The molecule has 144 valence electrons. The van der Waals surface area contributed by atoms with Crippen molar-refractivity contribution in [1.82, 2.24) is 5.43 Å². The minimum Gasteiger partial charge on any atom is -0.489 e. The lowest BCUT2D eigenvalue weighted by Crippen LogP contribution is -2.19. The first-order chi connectivity index (χ1) is 14.1. The fraction of sp³-hybridized carbons (Fsp3) is 0.0455. The van der Waals surface area contributed by atoms with E-state index in [2.05, 4.69) is 10.5 Å². The summed E-state index contributed by atoms with van der Waals surface area (Å²) in [5, 5.41) is 12.5. The van der Waals surface area contributed by atoms with Gasteiger partial charge in [-0.25, -0.2) is 14.2 Å². The molecule has 7 heteroatoms. The highest BCUT2D eigenvalue weighted by Gasteiger charge is 2.11. The Balaban J connectivity index is 1.55. The van der Waals surface area contributed by atoms with Crippen LogP contribution in [0.3, 0.4) is 0 Å². The summed E-state index contributed by atoms with van der Waals surface area (Å²) in [6.07, 6.45) is 1.39. The van der Waals surface area contributed by atoms with E-state index in [4.69, 9.17) is 10.00 Å². The molecule has 3 rings (SSSR count). The SMILES string of the molecule is N#Cc1ccc(C(=O)N/N=C\c2ccc(OCc3ccccc3F)cc2)c(F)c1. The van der Waals surface area contributed by atoms with Crippen LogP contribution in [-0.4, -0.2) is 12.1 Å². The van der Waals surface area contributed by atoms with Gasteiger partial charge in [0.2, 0.25) is 0 Å². The van der Waals surface area contributed by atoms with Gasteiger partial charge in [0.1, 0.15) is 24.0 Å². The Labute approximate surface area is 165 Å². The molecule has 0 saturated carbocycles. The smallest absolute Gasteiger partial charge is 0.274 e. The molecule has 0 aliphatic heterocycles. The summed E-state index contributed by atoms with van der Waals surface area (Å²) in [7, 11) is 0. The molecule has 29 heavy (non-hydrogen) atoms. The first-order valence-corrected chi connectivity index (χ1v) is 8.56. The summed E-state index contributed by atoms with van der Waals surface area (Å²) in [4.78, 5) is 12.0. The first-order valence-electron chi connectivity index (χ1n) is 8.56. The number of nitrogens with zero attached hydrogens (tertiary/aromatic N) is 2. The number of nitrogens with one attached hydrogen (secondary N) is 1. The van der Waals surface area contributed by atoms with E-state index in [1.165, 1.54) is 24.4 Å². The summed E-state index contributed by atoms with van der Waals surface area (Å²) >= 11 is 0. The summed E-state index contributed by atoms with van der Waals surface area (Å²) in [5.41, 5.74) is 3.27. The number of ether oxygens (including phenoxy) is 1. The third kappa shape index (κ3) is 5.23. The van der Waals surface area contributed by atoms with Crippen molar-refractivity contribution in [2.75, 3.05) is 0 Å². The molecule has 5 nitrogen and oxygen atoms in total. The van der Waals surface area contributed by atoms with Crippen LogP contribution in [0.2, 0.25) is 0 Å². The lowest BCUT2D eigenvalue weighted by atomic mass is 10.1. The van der Waals surface area contributed by atoms with Crippen molar-refractivity contribution < 1.29 is 18.3 Å². The Hall–Kier alpha value is -4.05. The molecule has 0 bridgehead atoms. The molecule has 0 aliphatic rings. The Morgan fingerprint density at radius 1 is 1.07 bits per heavy atom. The fourth-order valence-electron chi connectivity index (χ4n) is 2.42. The van der Waals surface area contributed by atoms with E-state index in [-0.39, 0.29) is 23.6 Å². The number of rotatable bonds is 6. The minimum absolute atomic E-state index is 0.103. The van der Waals surface area contributed by atoms with Crippen molar-refractivity contribution in [1.29, 1.82) is 5.26 Å². The summed E-state index contributed by atoms with van der Waals surface area (Å²) < 4.78 is 32.9.